The molecular formula is C33H34N6O2. The van der Waals surface area contributed by atoms with Crippen molar-refractivity contribution in [2.24, 2.45) is 0 Å². The zero-order chi connectivity index (χ0) is 28.3. The molecule has 1 amide bonds. The summed E-state index contributed by atoms with van der Waals surface area (Å²) >= 11 is 0. The Morgan fingerprint density at radius 1 is 0.878 bits per heavy atom. The quantitative estimate of drug-likeness (QED) is 0.285. The smallest absolute Gasteiger partial charge is 0.254 e. The van der Waals surface area contributed by atoms with E-state index in [4.69, 9.17) is 19.8 Å². The standard InChI is InChI=1S/C33H34N6O2/c1-23-13-15-25(16-14-23)21-29-34-31(30-24(2)36-39(32(30)35-29)27-10-5-4-6-11-27)37-17-8-18-38(20-19-37)33(40)26-9-7-12-28(22-26)41-3/h4-7,9-16,22H,8,17-21H2,1-3H3. The van der Waals surface area contributed by atoms with Gasteiger partial charge in [0.1, 0.15) is 17.4 Å². The van der Waals surface area contributed by atoms with Crippen LogP contribution in [0.5, 0.6) is 5.75 Å². The van der Waals surface area contributed by atoms with E-state index in [1.165, 1.54) is 5.56 Å². The van der Waals surface area contributed by atoms with Crippen molar-refractivity contribution >= 4 is 22.8 Å². The number of ether oxygens (including phenoxy) is 1. The number of aryl methyl sites for hydroxylation is 2. The number of carbonyl (C=O) groups excluding carboxylic acids is 1. The molecule has 0 aliphatic carbocycles. The number of rotatable bonds is 6. The molecule has 0 unspecified atom stereocenters. The number of aromatic nitrogens is 4. The monoisotopic (exact) mass is 546 g/mol. The van der Waals surface area contributed by atoms with Crippen molar-refractivity contribution in [2.75, 3.05) is 38.2 Å². The first-order valence-electron chi connectivity index (χ1n) is 14.1. The van der Waals surface area contributed by atoms with E-state index in [9.17, 15) is 4.79 Å². The van der Waals surface area contributed by atoms with Crippen LogP contribution in [0.15, 0.2) is 78.9 Å². The molecule has 3 aromatic carbocycles. The van der Waals surface area contributed by atoms with Crippen molar-refractivity contribution in [1.29, 1.82) is 0 Å². The molecule has 0 spiro atoms. The first kappa shape index (κ1) is 26.5. The van der Waals surface area contributed by atoms with Gasteiger partial charge in [-0.3, -0.25) is 4.79 Å². The summed E-state index contributed by atoms with van der Waals surface area (Å²) in [6.07, 6.45) is 1.46. The van der Waals surface area contributed by atoms with Gasteiger partial charge in [-0.1, -0.05) is 54.1 Å². The number of nitrogens with zero attached hydrogens (tertiary/aromatic N) is 6. The summed E-state index contributed by atoms with van der Waals surface area (Å²) in [5, 5.41) is 5.86. The van der Waals surface area contributed by atoms with E-state index < -0.39 is 0 Å². The van der Waals surface area contributed by atoms with Gasteiger partial charge in [0.15, 0.2) is 5.65 Å². The zero-order valence-electron chi connectivity index (χ0n) is 23.7. The van der Waals surface area contributed by atoms with Crippen molar-refractivity contribution in [3.8, 4) is 11.4 Å². The average Bonchev–Trinajstić information content (AvgIpc) is 3.16. The maximum Gasteiger partial charge on any atom is 0.254 e. The van der Waals surface area contributed by atoms with Crippen LogP contribution in [0, 0.1) is 13.8 Å². The topological polar surface area (TPSA) is 76.4 Å². The lowest BCUT2D eigenvalue weighted by atomic mass is 10.1. The highest BCUT2D eigenvalue weighted by Crippen LogP contribution is 2.30. The molecule has 1 fully saturated rings. The Morgan fingerprint density at radius 2 is 1.68 bits per heavy atom. The molecule has 0 saturated carbocycles. The van der Waals surface area contributed by atoms with Gasteiger partial charge in [-0.05, 0) is 56.2 Å². The van der Waals surface area contributed by atoms with Crippen molar-refractivity contribution in [3.05, 3.63) is 107 Å². The number of methoxy groups -OCH3 is 1. The van der Waals surface area contributed by atoms with Crippen molar-refractivity contribution in [3.63, 3.8) is 0 Å². The molecule has 5 aromatic rings. The summed E-state index contributed by atoms with van der Waals surface area (Å²) < 4.78 is 7.26. The number of anilines is 1. The van der Waals surface area contributed by atoms with Crippen LogP contribution in [-0.4, -0.2) is 63.8 Å². The predicted molar refractivity (Wildman–Crippen MR) is 161 cm³/mol. The summed E-state index contributed by atoms with van der Waals surface area (Å²) in [6, 6.07) is 26.0. The summed E-state index contributed by atoms with van der Waals surface area (Å²) in [5.74, 6) is 2.34. The number of fused-ring (bicyclic) bond motifs is 1. The molecule has 1 aliphatic rings. The van der Waals surface area contributed by atoms with Gasteiger partial charge in [-0.2, -0.15) is 5.10 Å². The molecule has 6 rings (SSSR count). The summed E-state index contributed by atoms with van der Waals surface area (Å²) in [6.45, 7) is 6.84. The highest BCUT2D eigenvalue weighted by molar-refractivity contribution is 5.95. The molecule has 3 heterocycles. The Bertz CT molecular complexity index is 1680. The minimum Gasteiger partial charge on any atom is -0.497 e. The van der Waals surface area contributed by atoms with Crippen LogP contribution >= 0.6 is 0 Å². The molecule has 0 N–H and O–H groups in total. The number of hydrogen-bond donors (Lipinski definition) is 0. The van der Waals surface area contributed by atoms with E-state index in [0.717, 1.165) is 52.6 Å². The maximum atomic E-state index is 13.4. The predicted octanol–water partition coefficient (Wildman–Crippen LogP) is 5.38. The fourth-order valence-corrected chi connectivity index (χ4v) is 5.42. The van der Waals surface area contributed by atoms with E-state index in [1.807, 2.05) is 65.0 Å². The van der Waals surface area contributed by atoms with E-state index in [-0.39, 0.29) is 5.91 Å². The largest absolute Gasteiger partial charge is 0.497 e. The van der Waals surface area contributed by atoms with Gasteiger partial charge in [-0.25, -0.2) is 14.6 Å². The van der Waals surface area contributed by atoms with E-state index in [0.29, 0.717) is 37.4 Å². The van der Waals surface area contributed by atoms with Crippen LogP contribution in [0.25, 0.3) is 16.7 Å². The van der Waals surface area contributed by atoms with Gasteiger partial charge < -0.3 is 14.5 Å². The second kappa shape index (κ2) is 11.4. The molecule has 0 radical (unpaired) electrons. The first-order chi connectivity index (χ1) is 20.0. The lowest BCUT2D eigenvalue weighted by Crippen LogP contribution is -2.35. The minimum atomic E-state index is 0.0201. The number of hydrogen-bond acceptors (Lipinski definition) is 6. The third kappa shape index (κ3) is 5.50. The molecule has 8 nitrogen and oxygen atoms in total. The van der Waals surface area contributed by atoms with Crippen LogP contribution in [0.1, 0.15) is 39.4 Å². The first-order valence-corrected chi connectivity index (χ1v) is 14.1. The third-order valence-electron chi connectivity index (χ3n) is 7.61. The molecule has 41 heavy (non-hydrogen) atoms. The van der Waals surface area contributed by atoms with Gasteiger partial charge in [-0.15, -0.1) is 0 Å². The number of benzene rings is 3. The van der Waals surface area contributed by atoms with Crippen LogP contribution in [0.3, 0.4) is 0 Å². The SMILES string of the molecule is COc1cccc(C(=O)N2CCCN(c3nc(Cc4ccc(C)cc4)nc4c3c(C)nn4-c3ccccc3)CC2)c1. The normalized spacial score (nSPS) is 13.8. The van der Waals surface area contributed by atoms with Gasteiger partial charge in [0.2, 0.25) is 0 Å². The fourth-order valence-electron chi connectivity index (χ4n) is 5.42. The Labute approximate surface area is 240 Å². The van der Waals surface area contributed by atoms with E-state index in [2.05, 4.69) is 36.1 Å². The summed E-state index contributed by atoms with van der Waals surface area (Å²) in [5.41, 5.74) is 5.67. The highest BCUT2D eigenvalue weighted by atomic mass is 16.5. The second-order valence-electron chi connectivity index (χ2n) is 10.5. The van der Waals surface area contributed by atoms with Crippen molar-refractivity contribution < 1.29 is 9.53 Å². The molecular weight excluding hydrogens is 512 g/mol. The van der Waals surface area contributed by atoms with Gasteiger partial charge in [0, 0.05) is 38.2 Å². The van der Waals surface area contributed by atoms with Crippen LogP contribution in [0.2, 0.25) is 0 Å². The van der Waals surface area contributed by atoms with E-state index in [1.54, 1.807) is 13.2 Å². The zero-order valence-corrected chi connectivity index (χ0v) is 23.7. The molecule has 0 bridgehead atoms. The number of para-hydroxylation sites is 1. The Balaban J connectivity index is 1.36. The van der Waals surface area contributed by atoms with Crippen molar-refractivity contribution in [1.82, 2.24) is 24.6 Å². The Hall–Kier alpha value is -4.72. The molecule has 208 valence electrons. The average molecular weight is 547 g/mol. The van der Waals surface area contributed by atoms with Crippen molar-refractivity contribution in [2.45, 2.75) is 26.7 Å². The Kier molecular flexibility index (Phi) is 7.37. The number of amides is 1. The molecule has 1 aliphatic heterocycles. The highest BCUT2D eigenvalue weighted by Gasteiger charge is 2.25. The van der Waals surface area contributed by atoms with Crippen LogP contribution < -0.4 is 9.64 Å². The third-order valence-corrected chi connectivity index (χ3v) is 7.61. The van der Waals surface area contributed by atoms with Crippen LogP contribution in [-0.2, 0) is 6.42 Å². The molecule has 2 aromatic heterocycles. The van der Waals surface area contributed by atoms with Gasteiger partial charge in [0.05, 0.1) is 23.9 Å². The summed E-state index contributed by atoms with van der Waals surface area (Å²) in [4.78, 5) is 27.8. The Morgan fingerprint density at radius 3 is 2.46 bits per heavy atom. The van der Waals surface area contributed by atoms with Gasteiger partial charge >= 0.3 is 0 Å². The molecule has 0 atom stereocenters. The fraction of sp³-hybridized carbons (Fsp3) is 0.273. The lowest BCUT2D eigenvalue weighted by Gasteiger charge is -2.24. The maximum absolute atomic E-state index is 13.4. The van der Waals surface area contributed by atoms with E-state index >= 15 is 0 Å². The molecule has 8 heteroatoms. The minimum absolute atomic E-state index is 0.0201. The lowest BCUT2D eigenvalue weighted by molar-refractivity contribution is 0.0766. The number of carbonyl (C=O) groups is 1. The summed E-state index contributed by atoms with van der Waals surface area (Å²) in [7, 11) is 1.62. The molecule has 1 saturated heterocycles. The van der Waals surface area contributed by atoms with Crippen LogP contribution in [0.4, 0.5) is 5.82 Å². The second-order valence-corrected chi connectivity index (χ2v) is 10.5. The van der Waals surface area contributed by atoms with Gasteiger partial charge in [0.25, 0.3) is 5.91 Å².